The van der Waals surface area contributed by atoms with E-state index in [1.54, 1.807) is 35.0 Å². The van der Waals surface area contributed by atoms with Gasteiger partial charge in [0, 0.05) is 18.3 Å². The van der Waals surface area contributed by atoms with Crippen LogP contribution in [0.15, 0.2) is 47.8 Å². The molecule has 1 fully saturated rings. The molecule has 8 nitrogen and oxygen atoms in total. The number of nitrogens with zero attached hydrogens (tertiary/aromatic N) is 2. The van der Waals surface area contributed by atoms with Crippen molar-refractivity contribution in [1.29, 1.82) is 0 Å². The Kier molecular flexibility index (Phi) is 5.44. The first kappa shape index (κ1) is 20.3. The third kappa shape index (κ3) is 4.44. The molecule has 3 aromatic rings. The number of amides is 2. The smallest absolute Gasteiger partial charge is 0.276 e. The fourth-order valence-corrected chi connectivity index (χ4v) is 5.86. The van der Waals surface area contributed by atoms with E-state index < -0.39 is 15.7 Å². The lowest BCUT2D eigenvalue weighted by Crippen LogP contribution is -2.16. The van der Waals surface area contributed by atoms with E-state index in [1.165, 1.54) is 18.3 Å². The van der Waals surface area contributed by atoms with Crippen molar-refractivity contribution in [2.45, 2.75) is 19.4 Å². The third-order valence-electron chi connectivity index (χ3n) is 4.74. The average molecular weight is 445 g/mol. The number of nitrogens with one attached hydrogen (secondary N) is 2. The summed E-state index contributed by atoms with van der Waals surface area (Å²) in [6.07, 6.45) is 0.474. The van der Waals surface area contributed by atoms with E-state index >= 15 is 0 Å². The maximum Gasteiger partial charge on any atom is 0.276 e. The molecule has 10 heteroatoms. The van der Waals surface area contributed by atoms with Crippen LogP contribution in [0.5, 0.6) is 0 Å². The summed E-state index contributed by atoms with van der Waals surface area (Å²) in [6.45, 7) is 1.41. The zero-order valence-corrected chi connectivity index (χ0v) is 17.8. The minimum absolute atomic E-state index is 0.0207. The van der Waals surface area contributed by atoms with E-state index in [1.807, 2.05) is 17.5 Å². The van der Waals surface area contributed by atoms with Gasteiger partial charge in [0.15, 0.2) is 15.5 Å². The zero-order valence-electron chi connectivity index (χ0n) is 16.2. The molecule has 156 valence electrons. The maximum atomic E-state index is 12.8. The molecule has 0 aliphatic carbocycles. The highest BCUT2D eigenvalue weighted by atomic mass is 32.2. The number of carbonyl (C=O) groups excluding carboxylic acids is 2. The van der Waals surface area contributed by atoms with Crippen molar-refractivity contribution in [2.24, 2.45) is 0 Å². The number of anilines is 2. The molecule has 0 radical (unpaired) electrons. The van der Waals surface area contributed by atoms with Gasteiger partial charge in [-0.15, -0.1) is 11.3 Å². The predicted octanol–water partition coefficient (Wildman–Crippen LogP) is 3.18. The molecule has 2 aromatic heterocycles. The predicted molar refractivity (Wildman–Crippen MR) is 117 cm³/mol. The van der Waals surface area contributed by atoms with Crippen molar-refractivity contribution in [1.82, 2.24) is 9.78 Å². The minimum atomic E-state index is -3.10. The second-order valence-electron chi connectivity index (χ2n) is 7.11. The van der Waals surface area contributed by atoms with Gasteiger partial charge < -0.3 is 10.6 Å². The Morgan fingerprint density at radius 1 is 1.13 bits per heavy atom. The lowest BCUT2D eigenvalue weighted by atomic mass is 10.2. The quantitative estimate of drug-likeness (QED) is 0.628. The van der Waals surface area contributed by atoms with Gasteiger partial charge in [0.2, 0.25) is 5.91 Å². The fraction of sp³-hybridized carbons (Fsp3) is 0.250. The second kappa shape index (κ2) is 8.04. The van der Waals surface area contributed by atoms with Gasteiger partial charge in [0.25, 0.3) is 5.91 Å². The van der Waals surface area contributed by atoms with Crippen molar-refractivity contribution in [3.8, 4) is 10.6 Å². The van der Waals surface area contributed by atoms with Gasteiger partial charge in [0.05, 0.1) is 28.1 Å². The van der Waals surface area contributed by atoms with Crippen LogP contribution in [0, 0.1) is 0 Å². The summed E-state index contributed by atoms with van der Waals surface area (Å²) in [4.78, 5) is 25.0. The zero-order chi connectivity index (χ0) is 21.3. The van der Waals surface area contributed by atoms with Gasteiger partial charge >= 0.3 is 0 Å². The van der Waals surface area contributed by atoms with Crippen LogP contribution in [-0.2, 0) is 14.6 Å². The lowest BCUT2D eigenvalue weighted by Gasteiger charge is -2.12. The Bertz CT molecular complexity index is 1200. The second-order valence-corrected chi connectivity index (χ2v) is 10.3. The largest absolute Gasteiger partial charge is 0.326 e. The third-order valence-corrected chi connectivity index (χ3v) is 7.38. The summed E-state index contributed by atoms with van der Waals surface area (Å²) in [5, 5.41) is 11.8. The van der Waals surface area contributed by atoms with Gasteiger partial charge in [-0.2, -0.15) is 5.10 Å². The Labute approximate surface area is 177 Å². The molecule has 0 bridgehead atoms. The van der Waals surface area contributed by atoms with Crippen molar-refractivity contribution < 1.29 is 18.0 Å². The molecule has 30 heavy (non-hydrogen) atoms. The van der Waals surface area contributed by atoms with Crippen LogP contribution in [0.1, 0.15) is 29.9 Å². The number of rotatable bonds is 5. The molecule has 2 amide bonds. The highest BCUT2D eigenvalue weighted by Gasteiger charge is 2.32. The number of thiophene rings is 1. The summed E-state index contributed by atoms with van der Waals surface area (Å²) in [7, 11) is -3.10. The van der Waals surface area contributed by atoms with E-state index in [0.717, 1.165) is 10.6 Å². The first-order valence-corrected chi connectivity index (χ1v) is 12.0. The first-order chi connectivity index (χ1) is 14.3. The van der Waals surface area contributed by atoms with Crippen LogP contribution >= 0.6 is 11.3 Å². The Morgan fingerprint density at radius 3 is 2.53 bits per heavy atom. The Balaban J connectivity index is 1.62. The molecule has 1 aliphatic rings. The average Bonchev–Trinajstić information content (AvgIpc) is 3.39. The molecule has 0 unspecified atom stereocenters. The molecule has 0 spiro atoms. The Morgan fingerprint density at radius 2 is 1.90 bits per heavy atom. The highest BCUT2D eigenvalue weighted by molar-refractivity contribution is 7.91. The summed E-state index contributed by atoms with van der Waals surface area (Å²) >= 11 is 1.50. The normalized spacial score (nSPS) is 17.6. The monoisotopic (exact) mass is 444 g/mol. The van der Waals surface area contributed by atoms with Gasteiger partial charge in [-0.25, -0.2) is 8.42 Å². The number of hydrogen-bond acceptors (Lipinski definition) is 6. The van der Waals surface area contributed by atoms with E-state index in [-0.39, 0.29) is 29.1 Å². The molecule has 3 heterocycles. The summed E-state index contributed by atoms with van der Waals surface area (Å²) in [5.74, 6) is -0.470. The van der Waals surface area contributed by atoms with Crippen LogP contribution in [0.2, 0.25) is 0 Å². The number of aromatic nitrogens is 2. The summed E-state index contributed by atoms with van der Waals surface area (Å²) < 4.78 is 25.6. The molecular formula is C20H20N4O4S2. The number of carbonyl (C=O) groups is 2. The number of hydrogen-bond donors (Lipinski definition) is 2. The van der Waals surface area contributed by atoms with Crippen LogP contribution in [0.25, 0.3) is 10.6 Å². The summed E-state index contributed by atoms with van der Waals surface area (Å²) in [6, 6.07) is 12.0. The van der Waals surface area contributed by atoms with Crippen LogP contribution in [-0.4, -0.2) is 41.5 Å². The van der Waals surface area contributed by atoms with E-state index in [2.05, 4.69) is 15.7 Å². The van der Waals surface area contributed by atoms with Gasteiger partial charge in [0.1, 0.15) is 0 Å². The fourth-order valence-electron chi connectivity index (χ4n) is 3.43. The molecule has 1 aliphatic heterocycles. The standard InChI is InChI=1S/C20H20N4O4S2/c1-13(25)21-14-4-2-5-15(10-14)22-20(26)17-11-18(19-6-3-8-29-19)24(23-17)16-7-9-30(27,28)12-16/h2-6,8,10-11,16H,7,9,12H2,1H3,(H,21,25)(H,22,26)/t16-/m1/s1. The van der Waals surface area contributed by atoms with Crippen molar-refractivity contribution in [3.63, 3.8) is 0 Å². The first-order valence-electron chi connectivity index (χ1n) is 9.33. The van der Waals surface area contributed by atoms with Crippen LogP contribution in [0.3, 0.4) is 0 Å². The minimum Gasteiger partial charge on any atom is -0.326 e. The van der Waals surface area contributed by atoms with Crippen LogP contribution in [0.4, 0.5) is 11.4 Å². The molecule has 1 atom stereocenters. The van der Waals surface area contributed by atoms with Gasteiger partial charge in [-0.3, -0.25) is 14.3 Å². The number of benzene rings is 1. The van der Waals surface area contributed by atoms with E-state index in [4.69, 9.17) is 0 Å². The van der Waals surface area contributed by atoms with E-state index in [9.17, 15) is 18.0 Å². The molecular weight excluding hydrogens is 424 g/mol. The molecule has 2 N–H and O–H groups in total. The molecule has 1 saturated heterocycles. The van der Waals surface area contributed by atoms with Crippen molar-refractivity contribution in [3.05, 3.63) is 53.5 Å². The van der Waals surface area contributed by atoms with Crippen molar-refractivity contribution >= 4 is 44.4 Å². The molecule has 1 aromatic carbocycles. The molecule has 4 rings (SSSR count). The Hall–Kier alpha value is -2.98. The number of sulfone groups is 1. The topological polar surface area (TPSA) is 110 Å². The van der Waals surface area contributed by atoms with Gasteiger partial charge in [-0.1, -0.05) is 12.1 Å². The summed E-state index contributed by atoms with van der Waals surface area (Å²) in [5.41, 5.74) is 2.01. The van der Waals surface area contributed by atoms with Crippen molar-refractivity contribution in [2.75, 3.05) is 22.1 Å². The lowest BCUT2D eigenvalue weighted by molar-refractivity contribution is -0.114. The molecule has 0 saturated carbocycles. The SMILES string of the molecule is CC(=O)Nc1cccc(NC(=O)c2cc(-c3cccs3)n([C@@H]3CCS(=O)(=O)C3)n2)c1. The highest BCUT2D eigenvalue weighted by Crippen LogP contribution is 2.32. The van der Waals surface area contributed by atoms with Crippen LogP contribution < -0.4 is 10.6 Å². The van der Waals surface area contributed by atoms with Gasteiger partial charge in [-0.05, 0) is 42.1 Å². The maximum absolute atomic E-state index is 12.8. The van der Waals surface area contributed by atoms with E-state index in [0.29, 0.717) is 17.8 Å².